The summed E-state index contributed by atoms with van der Waals surface area (Å²) in [5.74, 6) is -1.88. The van der Waals surface area contributed by atoms with Gasteiger partial charge in [-0.25, -0.2) is 9.18 Å². The van der Waals surface area contributed by atoms with Gasteiger partial charge in [-0.1, -0.05) is 41.9 Å². The van der Waals surface area contributed by atoms with Gasteiger partial charge in [-0.15, -0.1) is 0 Å². The highest BCUT2D eigenvalue weighted by molar-refractivity contribution is 6.30. The van der Waals surface area contributed by atoms with Crippen LogP contribution in [-0.4, -0.2) is 29.7 Å². The maximum atomic E-state index is 13.2. The highest BCUT2D eigenvalue weighted by Gasteiger charge is 2.28. The molecule has 0 fully saturated rings. The molecule has 3 aromatic rings. The Bertz CT molecular complexity index is 1090. The summed E-state index contributed by atoms with van der Waals surface area (Å²) in [6.45, 7) is 1.46. The fourth-order valence-electron chi connectivity index (χ4n) is 3.03. The zero-order valence-electron chi connectivity index (χ0n) is 17.3. The summed E-state index contributed by atoms with van der Waals surface area (Å²) in [5, 5.41) is 3.39. The average Bonchev–Trinajstić information content (AvgIpc) is 2.80. The van der Waals surface area contributed by atoms with Crippen molar-refractivity contribution in [3.63, 3.8) is 0 Å². The van der Waals surface area contributed by atoms with E-state index < -0.39 is 29.7 Å². The van der Waals surface area contributed by atoms with Crippen LogP contribution in [0.3, 0.4) is 0 Å². The summed E-state index contributed by atoms with van der Waals surface area (Å²) in [5.41, 5.74) is 1.22. The summed E-state index contributed by atoms with van der Waals surface area (Å²) in [4.78, 5) is 38.2. The van der Waals surface area contributed by atoms with Crippen LogP contribution in [0, 0.1) is 5.82 Å². The van der Waals surface area contributed by atoms with Crippen molar-refractivity contribution in [3.8, 4) is 0 Å². The Labute approximate surface area is 190 Å². The number of esters is 1. The van der Waals surface area contributed by atoms with E-state index in [0.717, 1.165) is 0 Å². The fourth-order valence-corrected chi connectivity index (χ4v) is 3.15. The lowest BCUT2D eigenvalue weighted by atomic mass is 10.0. The molecule has 0 spiro atoms. The monoisotopic (exact) mass is 453 g/mol. The van der Waals surface area contributed by atoms with Crippen LogP contribution >= 0.6 is 11.6 Å². The van der Waals surface area contributed by atoms with Crippen LogP contribution in [0.15, 0.2) is 78.9 Å². The van der Waals surface area contributed by atoms with Gasteiger partial charge in [-0.3, -0.25) is 9.59 Å². The lowest BCUT2D eigenvalue weighted by Crippen LogP contribution is -2.37. The Hall–Kier alpha value is -3.51. The van der Waals surface area contributed by atoms with Crippen molar-refractivity contribution < 1.29 is 23.5 Å². The normalized spacial score (nSPS) is 12.5. The van der Waals surface area contributed by atoms with E-state index in [1.54, 1.807) is 54.6 Å². The van der Waals surface area contributed by atoms with E-state index in [0.29, 0.717) is 21.8 Å². The molecule has 1 N–H and O–H groups in total. The summed E-state index contributed by atoms with van der Waals surface area (Å²) in [7, 11) is 0. The predicted molar refractivity (Wildman–Crippen MR) is 121 cm³/mol. The molecule has 0 radical (unpaired) electrons. The molecule has 3 rings (SSSR count). The van der Waals surface area contributed by atoms with Crippen LogP contribution in [-0.2, 0) is 9.53 Å². The molecule has 0 aliphatic carbocycles. The predicted octanol–water partition coefficient (Wildman–Crippen LogP) is 5.35. The maximum Gasteiger partial charge on any atom is 0.329 e. The first-order valence-electron chi connectivity index (χ1n) is 9.94. The molecule has 0 aliphatic heterocycles. The third kappa shape index (κ3) is 6.25. The molecule has 0 aliphatic rings. The Morgan fingerprint density at radius 2 is 1.53 bits per heavy atom. The quantitative estimate of drug-likeness (QED) is 0.349. The molecular weight excluding hydrogens is 433 g/mol. The van der Waals surface area contributed by atoms with E-state index in [9.17, 15) is 18.8 Å². The highest BCUT2D eigenvalue weighted by atomic mass is 35.5. The molecule has 0 unspecified atom stereocenters. The average molecular weight is 454 g/mol. The third-order valence-electron chi connectivity index (χ3n) is 4.75. The van der Waals surface area contributed by atoms with Crippen LogP contribution in [0.2, 0.25) is 5.02 Å². The second-order valence-electron chi connectivity index (χ2n) is 7.15. The molecule has 7 heteroatoms. The minimum absolute atomic E-state index is 0.206. The molecule has 0 amide bonds. The number of hydrogen-bond donors (Lipinski definition) is 1. The number of nitrogens with one attached hydrogen (secondary N) is 1. The molecule has 0 aromatic heterocycles. The van der Waals surface area contributed by atoms with Crippen molar-refractivity contribution in [2.45, 2.75) is 25.5 Å². The van der Waals surface area contributed by atoms with Gasteiger partial charge in [-0.05, 0) is 55.5 Å². The number of anilines is 1. The van der Waals surface area contributed by atoms with E-state index in [1.165, 1.54) is 31.2 Å². The van der Waals surface area contributed by atoms with Crippen molar-refractivity contribution >= 4 is 34.8 Å². The molecule has 0 saturated carbocycles. The molecule has 3 aromatic carbocycles. The van der Waals surface area contributed by atoms with E-state index in [2.05, 4.69) is 5.32 Å². The van der Waals surface area contributed by atoms with Crippen molar-refractivity contribution in [1.29, 1.82) is 0 Å². The largest absolute Gasteiger partial charge is 0.453 e. The first-order chi connectivity index (χ1) is 15.3. The highest BCUT2D eigenvalue weighted by Crippen LogP contribution is 2.17. The number of benzene rings is 3. The summed E-state index contributed by atoms with van der Waals surface area (Å²) < 4.78 is 18.6. The van der Waals surface area contributed by atoms with Crippen LogP contribution < -0.4 is 5.32 Å². The second-order valence-corrected chi connectivity index (χ2v) is 7.58. The van der Waals surface area contributed by atoms with Crippen LogP contribution in [0.5, 0.6) is 0 Å². The van der Waals surface area contributed by atoms with Gasteiger partial charge in [-0.2, -0.15) is 0 Å². The molecule has 164 valence electrons. The van der Waals surface area contributed by atoms with E-state index in [-0.39, 0.29) is 12.2 Å². The molecule has 2 atom stereocenters. The number of rotatable bonds is 9. The Morgan fingerprint density at radius 1 is 0.906 bits per heavy atom. The van der Waals surface area contributed by atoms with Gasteiger partial charge in [0.2, 0.25) is 5.78 Å². The number of hydrogen-bond acceptors (Lipinski definition) is 5. The van der Waals surface area contributed by atoms with Crippen molar-refractivity contribution in [3.05, 3.63) is 101 Å². The van der Waals surface area contributed by atoms with Gasteiger partial charge in [0.25, 0.3) is 0 Å². The van der Waals surface area contributed by atoms with Crippen molar-refractivity contribution in [2.24, 2.45) is 0 Å². The number of ether oxygens (including phenoxy) is 1. The van der Waals surface area contributed by atoms with Crippen LogP contribution in [0.4, 0.5) is 10.1 Å². The summed E-state index contributed by atoms with van der Waals surface area (Å²) in [6, 6.07) is 19.0. The van der Waals surface area contributed by atoms with E-state index >= 15 is 0 Å². The first kappa shape index (κ1) is 23.2. The van der Waals surface area contributed by atoms with Crippen LogP contribution in [0.1, 0.15) is 34.1 Å². The van der Waals surface area contributed by atoms with Crippen LogP contribution in [0.25, 0.3) is 0 Å². The van der Waals surface area contributed by atoms with Gasteiger partial charge in [0.05, 0.1) is 0 Å². The lowest BCUT2D eigenvalue weighted by molar-refractivity contribution is -0.147. The minimum atomic E-state index is -1.08. The number of carbonyl (C=O) groups is 3. The Morgan fingerprint density at radius 3 is 2.16 bits per heavy atom. The lowest BCUT2D eigenvalue weighted by Gasteiger charge is -2.21. The SMILES string of the molecule is C[C@@H](OC(=O)[C@@H](CC(=O)c1ccccc1)Nc1ccc(F)cc1)C(=O)c1ccc(Cl)cc1. The summed E-state index contributed by atoms with van der Waals surface area (Å²) >= 11 is 5.85. The van der Waals surface area contributed by atoms with E-state index in [1.807, 2.05) is 0 Å². The fraction of sp³-hybridized carbons (Fsp3) is 0.160. The smallest absolute Gasteiger partial charge is 0.329 e. The molecular formula is C25H21ClFNO4. The minimum Gasteiger partial charge on any atom is -0.453 e. The van der Waals surface area contributed by atoms with Gasteiger partial charge in [0, 0.05) is 28.3 Å². The molecule has 0 saturated heterocycles. The summed E-state index contributed by atoms with van der Waals surface area (Å²) in [6.07, 6.45) is -1.28. The molecule has 5 nitrogen and oxygen atoms in total. The van der Waals surface area contributed by atoms with E-state index in [4.69, 9.17) is 16.3 Å². The number of carbonyl (C=O) groups excluding carboxylic acids is 3. The first-order valence-corrected chi connectivity index (χ1v) is 10.3. The number of Topliss-reactive ketones (excluding diaryl/α,β-unsaturated/α-hetero) is 2. The molecule has 32 heavy (non-hydrogen) atoms. The topological polar surface area (TPSA) is 72.5 Å². The zero-order valence-corrected chi connectivity index (χ0v) is 18.0. The number of ketones is 2. The maximum absolute atomic E-state index is 13.2. The third-order valence-corrected chi connectivity index (χ3v) is 5.00. The van der Waals surface area contributed by atoms with Gasteiger partial charge in [0.15, 0.2) is 11.9 Å². The van der Waals surface area contributed by atoms with Gasteiger partial charge >= 0.3 is 5.97 Å². The van der Waals surface area contributed by atoms with Crippen molar-refractivity contribution in [1.82, 2.24) is 0 Å². The molecule has 0 bridgehead atoms. The Kier molecular flexibility index (Phi) is 7.73. The zero-order chi connectivity index (χ0) is 23.1. The van der Waals surface area contributed by atoms with Gasteiger partial charge < -0.3 is 10.1 Å². The standard InChI is InChI=1S/C25H21ClFNO4/c1-16(24(30)18-7-9-19(26)10-8-18)32-25(31)22(28-21-13-11-20(27)12-14-21)15-23(29)17-5-3-2-4-6-17/h2-14,16,22,28H,15H2,1H3/t16-,22-/m1/s1. The molecule has 0 heterocycles. The number of halogens is 2. The second kappa shape index (κ2) is 10.7. The van der Waals surface area contributed by atoms with Gasteiger partial charge in [0.1, 0.15) is 11.9 Å². The Balaban J connectivity index is 1.75. The van der Waals surface area contributed by atoms with Crippen molar-refractivity contribution in [2.75, 3.05) is 5.32 Å².